The average Bonchev–Trinajstić information content (AvgIpc) is 3.02. The standard InChI is InChI=1S/C24H27N3O4/c1-31-15-14-26(16-18-8-3-2-4-9-18)21(28)17-27-22(29)24(25-23(27)30)13-7-11-19-10-5-6-12-20(19)24/h2-6,8-10,12H,7,11,13-17H2,1H3,(H,25,30)/t24-/m0/s1. The third kappa shape index (κ3) is 4.05. The molecule has 2 aliphatic rings. The Balaban J connectivity index is 1.53. The molecule has 1 fully saturated rings. The van der Waals surface area contributed by atoms with Gasteiger partial charge in [-0.3, -0.25) is 14.5 Å². The highest BCUT2D eigenvalue weighted by atomic mass is 16.5. The van der Waals surface area contributed by atoms with Crippen molar-refractivity contribution in [1.82, 2.24) is 15.1 Å². The number of benzene rings is 2. The van der Waals surface area contributed by atoms with Gasteiger partial charge in [-0.05, 0) is 36.0 Å². The minimum Gasteiger partial charge on any atom is -0.383 e. The quantitative estimate of drug-likeness (QED) is 0.697. The first-order chi connectivity index (χ1) is 15.0. The van der Waals surface area contributed by atoms with Crippen molar-refractivity contribution in [2.24, 2.45) is 0 Å². The maximum atomic E-state index is 13.4. The van der Waals surface area contributed by atoms with Gasteiger partial charge in [0.05, 0.1) is 6.61 Å². The molecule has 1 heterocycles. The van der Waals surface area contributed by atoms with Crippen LogP contribution in [-0.4, -0.2) is 54.5 Å². The van der Waals surface area contributed by atoms with E-state index >= 15 is 0 Å². The van der Waals surface area contributed by atoms with Crippen LogP contribution in [0.15, 0.2) is 54.6 Å². The molecule has 4 rings (SSSR count). The van der Waals surface area contributed by atoms with E-state index in [0.29, 0.717) is 26.1 Å². The Bertz CT molecular complexity index is 978. The smallest absolute Gasteiger partial charge is 0.325 e. The van der Waals surface area contributed by atoms with Crippen molar-refractivity contribution >= 4 is 17.8 Å². The van der Waals surface area contributed by atoms with E-state index < -0.39 is 11.6 Å². The van der Waals surface area contributed by atoms with Gasteiger partial charge in [-0.2, -0.15) is 0 Å². The van der Waals surface area contributed by atoms with Crippen LogP contribution in [0.4, 0.5) is 4.79 Å². The highest BCUT2D eigenvalue weighted by Crippen LogP contribution is 2.39. The second kappa shape index (κ2) is 8.89. The van der Waals surface area contributed by atoms with E-state index in [4.69, 9.17) is 4.74 Å². The third-order valence-electron chi connectivity index (χ3n) is 6.08. The number of nitrogens with zero attached hydrogens (tertiary/aromatic N) is 2. The molecule has 0 saturated carbocycles. The van der Waals surface area contributed by atoms with Gasteiger partial charge in [0.1, 0.15) is 12.1 Å². The number of imide groups is 1. The lowest BCUT2D eigenvalue weighted by Crippen LogP contribution is -2.47. The number of carbonyl (C=O) groups is 3. The highest BCUT2D eigenvalue weighted by molar-refractivity contribution is 6.09. The van der Waals surface area contributed by atoms with Crippen LogP contribution in [0.1, 0.15) is 29.5 Å². The van der Waals surface area contributed by atoms with E-state index in [1.807, 2.05) is 54.6 Å². The van der Waals surface area contributed by atoms with Crippen LogP contribution >= 0.6 is 0 Å². The van der Waals surface area contributed by atoms with Gasteiger partial charge in [-0.25, -0.2) is 4.79 Å². The summed E-state index contributed by atoms with van der Waals surface area (Å²) < 4.78 is 5.15. The van der Waals surface area contributed by atoms with Crippen LogP contribution in [0.3, 0.4) is 0 Å². The molecule has 7 heteroatoms. The van der Waals surface area contributed by atoms with E-state index in [1.54, 1.807) is 12.0 Å². The number of ether oxygens (including phenoxy) is 1. The molecule has 1 saturated heterocycles. The molecular formula is C24H27N3O4. The molecule has 4 amide bonds. The van der Waals surface area contributed by atoms with Crippen molar-refractivity contribution in [1.29, 1.82) is 0 Å². The number of rotatable bonds is 7. The largest absolute Gasteiger partial charge is 0.383 e. The summed E-state index contributed by atoms with van der Waals surface area (Å²) in [6.45, 7) is 0.851. The van der Waals surface area contributed by atoms with Gasteiger partial charge >= 0.3 is 6.03 Å². The van der Waals surface area contributed by atoms with Gasteiger partial charge < -0.3 is 15.0 Å². The summed E-state index contributed by atoms with van der Waals surface area (Å²) in [5, 5.41) is 2.90. The van der Waals surface area contributed by atoms with Gasteiger partial charge in [0.2, 0.25) is 5.91 Å². The second-order valence-corrected chi connectivity index (χ2v) is 8.03. The van der Waals surface area contributed by atoms with Crippen molar-refractivity contribution in [3.63, 3.8) is 0 Å². The highest BCUT2D eigenvalue weighted by Gasteiger charge is 2.54. The Morgan fingerprint density at radius 2 is 1.87 bits per heavy atom. The molecule has 1 N–H and O–H groups in total. The molecule has 0 bridgehead atoms. The maximum absolute atomic E-state index is 13.4. The summed E-state index contributed by atoms with van der Waals surface area (Å²) in [7, 11) is 1.58. The summed E-state index contributed by atoms with van der Waals surface area (Å²) >= 11 is 0. The zero-order chi connectivity index (χ0) is 21.8. The molecule has 0 unspecified atom stereocenters. The minimum absolute atomic E-state index is 0.287. The zero-order valence-corrected chi connectivity index (χ0v) is 17.7. The van der Waals surface area contributed by atoms with Crippen LogP contribution in [0, 0.1) is 0 Å². The Labute approximate surface area is 182 Å². The molecule has 162 valence electrons. The summed E-state index contributed by atoms with van der Waals surface area (Å²) in [6.07, 6.45) is 2.22. The van der Waals surface area contributed by atoms with E-state index in [2.05, 4.69) is 5.32 Å². The van der Waals surface area contributed by atoms with Gasteiger partial charge in [0.15, 0.2) is 0 Å². The predicted molar refractivity (Wildman–Crippen MR) is 115 cm³/mol. The first-order valence-corrected chi connectivity index (χ1v) is 10.6. The zero-order valence-electron chi connectivity index (χ0n) is 17.7. The van der Waals surface area contributed by atoms with E-state index in [1.165, 1.54) is 0 Å². The number of hydrogen-bond donors (Lipinski definition) is 1. The molecular weight excluding hydrogens is 394 g/mol. The minimum atomic E-state index is -1.07. The molecule has 0 aromatic heterocycles. The molecule has 1 spiro atoms. The number of carbonyl (C=O) groups excluding carboxylic acids is 3. The van der Waals surface area contributed by atoms with Gasteiger partial charge in [0.25, 0.3) is 5.91 Å². The Morgan fingerprint density at radius 1 is 1.13 bits per heavy atom. The SMILES string of the molecule is COCCN(Cc1ccccc1)C(=O)CN1C(=O)N[C@]2(CCCc3ccccc32)C1=O. The van der Waals surface area contributed by atoms with Crippen molar-refractivity contribution in [2.45, 2.75) is 31.3 Å². The maximum Gasteiger partial charge on any atom is 0.325 e. The fraction of sp³-hybridized carbons (Fsp3) is 0.375. The lowest BCUT2D eigenvalue weighted by molar-refractivity contribution is -0.140. The summed E-state index contributed by atoms with van der Waals surface area (Å²) in [5.74, 6) is -0.630. The number of fused-ring (bicyclic) bond motifs is 2. The second-order valence-electron chi connectivity index (χ2n) is 8.03. The molecule has 31 heavy (non-hydrogen) atoms. The molecule has 1 aliphatic heterocycles. The first-order valence-electron chi connectivity index (χ1n) is 10.6. The van der Waals surface area contributed by atoms with E-state index in [9.17, 15) is 14.4 Å². The Kier molecular flexibility index (Phi) is 6.04. The summed E-state index contributed by atoms with van der Waals surface area (Å²) in [6, 6.07) is 16.8. The van der Waals surface area contributed by atoms with Gasteiger partial charge in [-0.15, -0.1) is 0 Å². The lowest BCUT2D eigenvalue weighted by Gasteiger charge is -2.33. The van der Waals surface area contributed by atoms with Gasteiger partial charge in [0, 0.05) is 20.2 Å². The Hall–Kier alpha value is -3.19. The van der Waals surface area contributed by atoms with Crippen LogP contribution in [0.25, 0.3) is 0 Å². The normalized spacial score (nSPS) is 20.0. The molecule has 2 aromatic rings. The number of hydrogen-bond acceptors (Lipinski definition) is 4. The van der Waals surface area contributed by atoms with Crippen LogP contribution in [0.2, 0.25) is 0 Å². The van der Waals surface area contributed by atoms with Crippen LogP contribution in [0.5, 0.6) is 0 Å². The third-order valence-corrected chi connectivity index (χ3v) is 6.08. The number of amides is 4. The fourth-order valence-electron chi connectivity index (χ4n) is 4.49. The molecule has 1 atom stereocenters. The topological polar surface area (TPSA) is 79.0 Å². The molecule has 1 aliphatic carbocycles. The van der Waals surface area contributed by atoms with Crippen LogP contribution < -0.4 is 5.32 Å². The van der Waals surface area contributed by atoms with E-state index in [-0.39, 0.29) is 18.4 Å². The lowest BCUT2D eigenvalue weighted by atomic mass is 9.76. The molecule has 0 radical (unpaired) electrons. The average molecular weight is 421 g/mol. The van der Waals surface area contributed by atoms with E-state index in [0.717, 1.165) is 34.4 Å². The summed E-state index contributed by atoms with van der Waals surface area (Å²) in [5.41, 5.74) is 1.82. The number of aryl methyl sites for hydroxylation is 1. The monoisotopic (exact) mass is 421 g/mol. The fourth-order valence-corrected chi connectivity index (χ4v) is 4.49. The molecule has 2 aromatic carbocycles. The van der Waals surface area contributed by atoms with Gasteiger partial charge in [-0.1, -0.05) is 54.6 Å². The number of nitrogens with one attached hydrogen (secondary N) is 1. The van der Waals surface area contributed by atoms with Crippen LogP contribution in [-0.2, 0) is 32.8 Å². The van der Waals surface area contributed by atoms with Crippen molar-refractivity contribution in [2.75, 3.05) is 26.8 Å². The summed E-state index contributed by atoms with van der Waals surface area (Å²) in [4.78, 5) is 42.0. The van der Waals surface area contributed by atoms with Crippen molar-refractivity contribution in [3.05, 3.63) is 71.3 Å². The molecule has 7 nitrogen and oxygen atoms in total. The first kappa shape index (κ1) is 21.1. The van der Waals surface area contributed by atoms with Crippen molar-refractivity contribution < 1.29 is 19.1 Å². The van der Waals surface area contributed by atoms with Crippen molar-refractivity contribution in [3.8, 4) is 0 Å². The number of methoxy groups -OCH3 is 1. The predicted octanol–water partition coefficient (Wildman–Crippen LogP) is 2.45. The Morgan fingerprint density at radius 3 is 2.65 bits per heavy atom. The number of urea groups is 1.